The smallest absolute Gasteiger partial charge is 0.106 e. The quantitative estimate of drug-likeness (QED) is 0.897. The third-order valence-corrected chi connectivity index (χ3v) is 3.48. The molecule has 0 saturated carbocycles. The van der Waals surface area contributed by atoms with Gasteiger partial charge in [-0.1, -0.05) is 12.1 Å². The van der Waals surface area contributed by atoms with Gasteiger partial charge in [-0.3, -0.25) is 4.68 Å². The monoisotopic (exact) mass is 262 g/mol. The number of hydrogen-bond donors (Lipinski definition) is 1. The van der Waals surface area contributed by atoms with Gasteiger partial charge in [-0.2, -0.15) is 0 Å². The maximum atomic E-state index is 5.73. The van der Waals surface area contributed by atoms with Crippen molar-refractivity contribution in [2.75, 3.05) is 6.54 Å². The third-order valence-electron chi connectivity index (χ3n) is 3.48. The molecule has 0 aliphatic rings. The summed E-state index contributed by atoms with van der Waals surface area (Å²) < 4.78 is 7.47. The summed E-state index contributed by atoms with van der Waals surface area (Å²) in [6.07, 6.45) is 2.78. The van der Waals surface area contributed by atoms with E-state index in [4.69, 9.17) is 4.42 Å². The summed E-state index contributed by atoms with van der Waals surface area (Å²) in [6.45, 7) is 9.17. The van der Waals surface area contributed by atoms with E-state index in [0.717, 1.165) is 30.2 Å². The number of rotatable bonds is 5. The van der Waals surface area contributed by atoms with E-state index in [0.29, 0.717) is 0 Å². The fourth-order valence-electron chi connectivity index (χ4n) is 2.54. The summed E-state index contributed by atoms with van der Waals surface area (Å²) in [5.41, 5.74) is 3.48. The van der Waals surface area contributed by atoms with Crippen LogP contribution >= 0.6 is 0 Å². The highest BCUT2D eigenvalue weighted by Gasteiger charge is 2.21. The molecule has 0 aromatic carbocycles. The van der Waals surface area contributed by atoms with Crippen LogP contribution in [0.15, 0.2) is 10.6 Å². The summed E-state index contributed by atoms with van der Waals surface area (Å²) in [7, 11) is 1.89. The number of aryl methyl sites for hydroxylation is 3. The van der Waals surface area contributed by atoms with Crippen LogP contribution in [0.2, 0.25) is 0 Å². The molecule has 5 nitrogen and oxygen atoms in total. The van der Waals surface area contributed by atoms with E-state index >= 15 is 0 Å². The van der Waals surface area contributed by atoms with Gasteiger partial charge >= 0.3 is 0 Å². The molecule has 5 heteroatoms. The maximum absolute atomic E-state index is 5.73. The first-order valence-corrected chi connectivity index (χ1v) is 6.68. The van der Waals surface area contributed by atoms with E-state index < -0.39 is 0 Å². The van der Waals surface area contributed by atoms with E-state index in [1.807, 2.05) is 27.1 Å². The molecule has 2 rings (SSSR count). The minimum Gasteiger partial charge on any atom is -0.466 e. The predicted octanol–water partition coefficient (Wildman–Crippen LogP) is 2.23. The van der Waals surface area contributed by atoms with Crippen molar-refractivity contribution in [2.24, 2.45) is 7.05 Å². The number of nitrogens with one attached hydrogen (secondary N) is 1. The van der Waals surface area contributed by atoms with Crippen LogP contribution in [0.1, 0.15) is 41.3 Å². The van der Waals surface area contributed by atoms with Crippen molar-refractivity contribution in [3.8, 4) is 0 Å². The maximum Gasteiger partial charge on any atom is 0.106 e. The van der Waals surface area contributed by atoms with Crippen LogP contribution in [-0.4, -0.2) is 21.5 Å². The number of likely N-dealkylation sites (N-methyl/N-ethyl adjacent to an activating group) is 1. The summed E-state index contributed by atoms with van der Waals surface area (Å²) in [6, 6.07) is 0.221. The van der Waals surface area contributed by atoms with Crippen molar-refractivity contribution in [3.63, 3.8) is 0 Å². The molecular formula is C14H22N4O. The van der Waals surface area contributed by atoms with Crippen LogP contribution in [-0.2, 0) is 13.5 Å². The molecule has 0 aliphatic carbocycles. The van der Waals surface area contributed by atoms with E-state index in [2.05, 4.69) is 29.5 Å². The van der Waals surface area contributed by atoms with Gasteiger partial charge in [0.15, 0.2) is 0 Å². The van der Waals surface area contributed by atoms with Crippen LogP contribution in [0.5, 0.6) is 0 Å². The molecule has 0 fully saturated rings. The predicted molar refractivity (Wildman–Crippen MR) is 74.0 cm³/mol. The average Bonchev–Trinajstić information content (AvgIpc) is 2.84. The molecule has 0 bridgehead atoms. The van der Waals surface area contributed by atoms with Gasteiger partial charge in [0, 0.05) is 31.3 Å². The molecule has 1 N–H and O–H groups in total. The second kappa shape index (κ2) is 5.57. The molecule has 1 unspecified atom stereocenters. The summed E-state index contributed by atoms with van der Waals surface area (Å²) in [5.74, 6) is 1.99. The lowest BCUT2D eigenvalue weighted by Gasteiger charge is -2.17. The van der Waals surface area contributed by atoms with Crippen molar-refractivity contribution in [1.29, 1.82) is 0 Å². The Labute approximate surface area is 114 Å². The lowest BCUT2D eigenvalue weighted by molar-refractivity contribution is 0.483. The lowest BCUT2D eigenvalue weighted by Crippen LogP contribution is -2.24. The van der Waals surface area contributed by atoms with Crippen molar-refractivity contribution < 1.29 is 4.42 Å². The molecule has 0 amide bonds. The van der Waals surface area contributed by atoms with Crippen molar-refractivity contribution >= 4 is 0 Å². The van der Waals surface area contributed by atoms with Gasteiger partial charge in [-0.25, -0.2) is 0 Å². The van der Waals surface area contributed by atoms with Gasteiger partial charge in [0.05, 0.1) is 5.69 Å². The molecule has 0 saturated heterocycles. The van der Waals surface area contributed by atoms with E-state index in [1.54, 1.807) is 4.68 Å². The molecule has 2 aromatic rings. The molecule has 0 spiro atoms. The van der Waals surface area contributed by atoms with E-state index in [-0.39, 0.29) is 6.04 Å². The Morgan fingerprint density at radius 3 is 2.53 bits per heavy atom. The van der Waals surface area contributed by atoms with Crippen LogP contribution in [0.4, 0.5) is 0 Å². The standard InChI is InChI=1S/C14H22N4O/c1-6-15-13(7-12-8-18(5)17-16-12)14-9(2)10(3)19-11(14)4/h8,13,15H,6-7H2,1-5H3. The second-order valence-corrected chi connectivity index (χ2v) is 4.95. The van der Waals surface area contributed by atoms with Crippen molar-refractivity contribution in [3.05, 3.63) is 34.5 Å². The third kappa shape index (κ3) is 2.87. The molecule has 104 valence electrons. The van der Waals surface area contributed by atoms with Crippen LogP contribution in [0.25, 0.3) is 0 Å². The Morgan fingerprint density at radius 2 is 2.05 bits per heavy atom. The Morgan fingerprint density at radius 1 is 1.32 bits per heavy atom. The number of nitrogens with zero attached hydrogens (tertiary/aromatic N) is 3. The van der Waals surface area contributed by atoms with Crippen LogP contribution in [0.3, 0.4) is 0 Å². The summed E-state index contributed by atoms with van der Waals surface area (Å²) in [5, 5.41) is 11.7. The van der Waals surface area contributed by atoms with Gasteiger partial charge in [0.1, 0.15) is 11.5 Å². The zero-order valence-corrected chi connectivity index (χ0v) is 12.3. The van der Waals surface area contributed by atoms with E-state index in [9.17, 15) is 0 Å². The molecule has 2 aromatic heterocycles. The fraction of sp³-hybridized carbons (Fsp3) is 0.571. The first-order valence-electron chi connectivity index (χ1n) is 6.68. The van der Waals surface area contributed by atoms with Crippen molar-refractivity contribution in [2.45, 2.75) is 40.2 Å². The molecule has 19 heavy (non-hydrogen) atoms. The van der Waals surface area contributed by atoms with E-state index in [1.165, 1.54) is 11.1 Å². The largest absolute Gasteiger partial charge is 0.466 e. The highest BCUT2D eigenvalue weighted by Crippen LogP contribution is 2.28. The summed E-state index contributed by atoms with van der Waals surface area (Å²) in [4.78, 5) is 0. The molecule has 0 aliphatic heterocycles. The van der Waals surface area contributed by atoms with Gasteiger partial charge < -0.3 is 9.73 Å². The second-order valence-electron chi connectivity index (χ2n) is 4.95. The Bertz CT molecular complexity index is 556. The molecular weight excluding hydrogens is 240 g/mol. The summed E-state index contributed by atoms with van der Waals surface area (Å²) >= 11 is 0. The number of hydrogen-bond acceptors (Lipinski definition) is 4. The minimum absolute atomic E-state index is 0.221. The number of aromatic nitrogens is 3. The average molecular weight is 262 g/mol. The lowest BCUT2D eigenvalue weighted by atomic mass is 9.98. The Balaban J connectivity index is 2.29. The SMILES string of the molecule is CCNC(Cc1cn(C)nn1)c1c(C)oc(C)c1C. The van der Waals surface area contributed by atoms with Gasteiger partial charge in [0.2, 0.25) is 0 Å². The van der Waals surface area contributed by atoms with Crippen LogP contribution < -0.4 is 5.32 Å². The highest BCUT2D eigenvalue weighted by atomic mass is 16.3. The number of furan rings is 1. The molecule has 1 atom stereocenters. The van der Waals surface area contributed by atoms with Gasteiger partial charge in [-0.05, 0) is 32.9 Å². The first kappa shape index (κ1) is 13.8. The minimum atomic E-state index is 0.221. The molecule has 0 radical (unpaired) electrons. The van der Waals surface area contributed by atoms with Gasteiger partial charge in [-0.15, -0.1) is 5.10 Å². The zero-order valence-electron chi connectivity index (χ0n) is 12.3. The first-order chi connectivity index (χ1) is 9.02. The normalized spacial score (nSPS) is 12.9. The zero-order chi connectivity index (χ0) is 14.0. The fourth-order valence-corrected chi connectivity index (χ4v) is 2.54. The van der Waals surface area contributed by atoms with Crippen LogP contribution in [0, 0.1) is 20.8 Å². The highest BCUT2D eigenvalue weighted by molar-refractivity contribution is 5.35. The Hall–Kier alpha value is -1.62. The molecule has 2 heterocycles. The van der Waals surface area contributed by atoms with Crippen molar-refractivity contribution in [1.82, 2.24) is 20.3 Å². The topological polar surface area (TPSA) is 55.9 Å². The van der Waals surface area contributed by atoms with Gasteiger partial charge in [0.25, 0.3) is 0 Å². The Kier molecular flexibility index (Phi) is 4.04.